The van der Waals surface area contributed by atoms with E-state index in [-0.39, 0.29) is 5.82 Å². The van der Waals surface area contributed by atoms with Crippen molar-refractivity contribution < 1.29 is 9.13 Å². The van der Waals surface area contributed by atoms with E-state index in [0.717, 1.165) is 19.4 Å². The molecule has 1 aromatic rings. The molecule has 19 heavy (non-hydrogen) atoms. The first kappa shape index (κ1) is 13.8. The fourth-order valence-electron chi connectivity index (χ4n) is 2.27. The molecule has 0 radical (unpaired) electrons. The van der Waals surface area contributed by atoms with Gasteiger partial charge in [0.25, 0.3) is 0 Å². The second-order valence-corrected chi connectivity index (χ2v) is 5.09. The summed E-state index contributed by atoms with van der Waals surface area (Å²) in [5, 5.41) is 12.7. The number of hydrogen-bond acceptors (Lipinski definition) is 3. The van der Waals surface area contributed by atoms with Crippen molar-refractivity contribution in [2.24, 2.45) is 5.92 Å². The van der Waals surface area contributed by atoms with E-state index in [1.165, 1.54) is 6.07 Å². The second kappa shape index (κ2) is 5.58. The largest absolute Gasteiger partial charge is 0.491 e. The minimum Gasteiger partial charge on any atom is -0.491 e. The van der Waals surface area contributed by atoms with Crippen LogP contribution in [0.25, 0.3) is 0 Å². The van der Waals surface area contributed by atoms with Crippen molar-refractivity contribution in [1.82, 2.24) is 5.32 Å². The number of nitriles is 1. The lowest BCUT2D eigenvalue weighted by Gasteiger charge is -2.27. The molecule has 1 saturated carbocycles. The van der Waals surface area contributed by atoms with Crippen LogP contribution in [0.5, 0.6) is 5.75 Å². The lowest BCUT2D eigenvalue weighted by Crippen LogP contribution is -2.50. The molecule has 1 aliphatic rings. The number of hydrogen-bond donors (Lipinski definition) is 1. The maximum atomic E-state index is 13.2. The number of likely N-dealkylation sites (N-methyl/N-ethyl adjacent to an activating group) is 1. The van der Waals surface area contributed by atoms with Crippen molar-refractivity contribution in [3.63, 3.8) is 0 Å². The highest BCUT2D eigenvalue weighted by Gasteiger charge is 2.46. The van der Waals surface area contributed by atoms with E-state index in [4.69, 9.17) is 4.74 Å². The Labute approximate surface area is 113 Å². The molecule has 102 valence electrons. The molecule has 0 saturated heterocycles. The fraction of sp³-hybridized carbons (Fsp3) is 0.533. The minimum atomic E-state index is -0.614. The lowest BCUT2D eigenvalue weighted by atomic mass is 9.96. The van der Waals surface area contributed by atoms with E-state index in [0.29, 0.717) is 23.8 Å². The average Bonchev–Trinajstić information content (AvgIpc) is 3.23. The Bertz CT molecular complexity index is 493. The second-order valence-electron chi connectivity index (χ2n) is 5.09. The Kier molecular flexibility index (Phi) is 4.06. The SMILES string of the molecule is CCNC(C#N)(COc1ccc(F)c(C)c1)C1CC1. The topological polar surface area (TPSA) is 45.0 Å². The van der Waals surface area contributed by atoms with Gasteiger partial charge in [-0.25, -0.2) is 4.39 Å². The Balaban J connectivity index is 2.06. The Morgan fingerprint density at radius 1 is 1.53 bits per heavy atom. The lowest BCUT2D eigenvalue weighted by molar-refractivity contribution is 0.204. The molecule has 1 fully saturated rings. The zero-order chi connectivity index (χ0) is 13.9. The predicted octanol–water partition coefficient (Wildman–Crippen LogP) is 2.79. The fourth-order valence-corrected chi connectivity index (χ4v) is 2.27. The van der Waals surface area contributed by atoms with Crippen LogP contribution >= 0.6 is 0 Å². The van der Waals surface area contributed by atoms with Crippen LogP contribution in [0.15, 0.2) is 18.2 Å². The van der Waals surface area contributed by atoms with Crippen LogP contribution in [0.3, 0.4) is 0 Å². The Morgan fingerprint density at radius 3 is 2.79 bits per heavy atom. The summed E-state index contributed by atoms with van der Waals surface area (Å²) in [6.07, 6.45) is 2.12. The molecule has 0 amide bonds. The van der Waals surface area contributed by atoms with Crippen molar-refractivity contribution in [3.05, 3.63) is 29.6 Å². The zero-order valence-electron chi connectivity index (χ0n) is 11.4. The standard InChI is InChI=1S/C15H19FN2O/c1-3-18-15(9-17,12-4-5-12)10-19-13-6-7-14(16)11(2)8-13/h6-8,12,18H,3-5,10H2,1-2H3. The van der Waals surface area contributed by atoms with Gasteiger partial charge in [-0.15, -0.1) is 0 Å². The molecule has 0 spiro atoms. The van der Waals surface area contributed by atoms with Crippen LogP contribution in [0.1, 0.15) is 25.3 Å². The van der Waals surface area contributed by atoms with Gasteiger partial charge in [-0.1, -0.05) is 6.92 Å². The summed E-state index contributed by atoms with van der Waals surface area (Å²) < 4.78 is 18.9. The molecule has 0 heterocycles. The van der Waals surface area contributed by atoms with E-state index < -0.39 is 5.54 Å². The van der Waals surface area contributed by atoms with Crippen molar-refractivity contribution in [1.29, 1.82) is 5.26 Å². The van der Waals surface area contributed by atoms with Gasteiger partial charge in [0.1, 0.15) is 23.7 Å². The third-order valence-electron chi connectivity index (χ3n) is 3.56. The van der Waals surface area contributed by atoms with Crippen molar-refractivity contribution in [2.45, 2.75) is 32.2 Å². The molecule has 1 unspecified atom stereocenters. The zero-order valence-corrected chi connectivity index (χ0v) is 11.4. The van der Waals surface area contributed by atoms with Gasteiger partial charge in [0, 0.05) is 0 Å². The average molecular weight is 262 g/mol. The van der Waals surface area contributed by atoms with E-state index >= 15 is 0 Å². The highest BCUT2D eigenvalue weighted by molar-refractivity contribution is 5.29. The van der Waals surface area contributed by atoms with Crippen molar-refractivity contribution in [2.75, 3.05) is 13.2 Å². The van der Waals surface area contributed by atoms with Crippen LogP contribution in [0, 0.1) is 30.0 Å². The predicted molar refractivity (Wildman–Crippen MR) is 71.4 cm³/mol. The van der Waals surface area contributed by atoms with E-state index in [1.54, 1.807) is 19.1 Å². The first-order valence-corrected chi connectivity index (χ1v) is 6.66. The first-order valence-electron chi connectivity index (χ1n) is 6.66. The molecule has 0 aliphatic heterocycles. The van der Waals surface area contributed by atoms with Gasteiger partial charge >= 0.3 is 0 Å². The summed E-state index contributed by atoms with van der Waals surface area (Å²) in [4.78, 5) is 0. The number of nitrogens with zero attached hydrogens (tertiary/aromatic N) is 1. The van der Waals surface area contributed by atoms with Crippen molar-refractivity contribution >= 4 is 0 Å². The van der Waals surface area contributed by atoms with Gasteiger partial charge in [-0.05, 0) is 56.0 Å². The molecular weight excluding hydrogens is 243 g/mol. The summed E-state index contributed by atoms with van der Waals surface area (Å²) in [7, 11) is 0. The van der Waals surface area contributed by atoms with Gasteiger partial charge in [-0.2, -0.15) is 5.26 Å². The van der Waals surface area contributed by atoms with Crippen LogP contribution < -0.4 is 10.1 Å². The first-order chi connectivity index (χ1) is 9.11. The van der Waals surface area contributed by atoms with E-state index in [2.05, 4.69) is 11.4 Å². The third-order valence-corrected chi connectivity index (χ3v) is 3.56. The summed E-state index contributed by atoms with van der Waals surface area (Å²) in [6, 6.07) is 7.02. The van der Waals surface area contributed by atoms with Gasteiger partial charge in [0.15, 0.2) is 0 Å². The highest BCUT2D eigenvalue weighted by Crippen LogP contribution is 2.39. The monoisotopic (exact) mass is 262 g/mol. The van der Waals surface area contributed by atoms with Crippen LogP contribution in [0.2, 0.25) is 0 Å². The van der Waals surface area contributed by atoms with Gasteiger partial charge in [-0.3, -0.25) is 5.32 Å². The number of benzene rings is 1. The van der Waals surface area contributed by atoms with Crippen LogP contribution in [-0.4, -0.2) is 18.7 Å². The molecule has 1 aliphatic carbocycles. The number of aryl methyl sites for hydroxylation is 1. The van der Waals surface area contributed by atoms with Crippen LogP contribution in [0.4, 0.5) is 4.39 Å². The molecule has 1 N–H and O–H groups in total. The highest BCUT2D eigenvalue weighted by atomic mass is 19.1. The molecule has 1 aromatic carbocycles. The summed E-state index contributed by atoms with van der Waals surface area (Å²) in [6.45, 7) is 4.71. The molecule has 4 heteroatoms. The summed E-state index contributed by atoms with van der Waals surface area (Å²) in [5.41, 5.74) is -0.0632. The third kappa shape index (κ3) is 3.05. The van der Waals surface area contributed by atoms with E-state index in [9.17, 15) is 9.65 Å². The molecule has 3 nitrogen and oxygen atoms in total. The molecule has 2 rings (SSSR count). The summed E-state index contributed by atoms with van der Waals surface area (Å²) in [5.74, 6) is 0.726. The van der Waals surface area contributed by atoms with Crippen LogP contribution in [-0.2, 0) is 0 Å². The molecule has 0 bridgehead atoms. The molecular formula is C15H19FN2O. The number of halogens is 1. The number of nitrogens with one attached hydrogen (secondary N) is 1. The normalized spacial score (nSPS) is 17.6. The van der Waals surface area contributed by atoms with Crippen molar-refractivity contribution in [3.8, 4) is 11.8 Å². The minimum absolute atomic E-state index is 0.243. The van der Waals surface area contributed by atoms with E-state index in [1.807, 2.05) is 6.92 Å². The maximum Gasteiger partial charge on any atom is 0.143 e. The quantitative estimate of drug-likeness (QED) is 0.857. The smallest absolute Gasteiger partial charge is 0.143 e. The maximum absolute atomic E-state index is 13.2. The molecule has 0 aromatic heterocycles. The van der Waals surface area contributed by atoms with Gasteiger partial charge in [0.2, 0.25) is 0 Å². The molecule has 1 atom stereocenters. The number of rotatable bonds is 6. The number of ether oxygens (including phenoxy) is 1. The van der Waals surface area contributed by atoms with Gasteiger partial charge in [0.05, 0.1) is 6.07 Å². The Morgan fingerprint density at radius 2 is 2.26 bits per heavy atom. The summed E-state index contributed by atoms with van der Waals surface area (Å²) >= 11 is 0. The Hall–Kier alpha value is -1.60. The van der Waals surface area contributed by atoms with Gasteiger partial charge < -0.3 is 4.74 Å².